The van der Waals surface area contributed by atoms with Crippen molar-refractivity contribution in [2.45, 2.75) is 142 Å². The Balaban J connectivity index is 3.47. The fourth-order valence-corrected chi connectivity index (χ4v) is 3.48. The lowest BCUT2D eigenvalue weighted by atomic mass is 10.1. The van der Waals surface area contributed by atoms with Crippen LogP contribution in [0.15, 0.2) is 0 Å². The molecular formula is C25H48O4. The van der Waals surface area contributed by atoms with Crippen molar-refractivity contribution in [2.24, 2.45) is 0 Å². The fraction of sp³-hybridized carbons (Fsp3) is 0.920. The molecule has 0 aliphatic rings. The van der Waals surface area contributed by atoms with Gasteiger partial charge in [-0.2, -0.15) is 0 Å². The summed E-state index contributed by atoms with van der Waals surface area (Å²) >= 11 is 0. The van der Waals surface area contributed by atoms with Crippen LogP contribution in [0.25, 0.3) is 0 Å². The zero-order valence-electron chi connectivity index (χ0n) is 19.6. The van der Waals surface area contributed by atoms with Crippen LogP contribution >= 0.6 is 0 Å². The van der Waals surface area contributed by atoms with Crippen molar-refractivity contribution >= 4 is 11.9 Å². The summed E-state index contributed by atoms with van der Waals surface area (Å²) in [5.74, 6) is -0.922. The zero-order valence-corrected chi connectivity index (χ0v) is 19.6. The van der Waals surface area contributed by atoms with Crippen molar-refractivity contribution in [1.29, 1.82) is 0 Å². The minimum absolute atomic E-state index is 0.122. The summed E-state index contributed by atoms with van der Waals surface area (Å²) in [7, 11) is 0. The minimum atomic E-state index is -0.462. The predicted molar refractivity (Wildman–Crippen MR) is 121 cm³/mol. The molecule has 0 aliphatic carbocycles. The smallest absolute Gasteiger partial charge is 0.317 e. The second kappa shape index (κ2) is 21.6. The van der Waals surface area contributed by atoms with Gasteiger partial charge in [0.25, 0.3) is 0 Å². The maximum absolute atomic E-state index is 11.8. The monoisotopic (exact) mass is 412 g/mol. The van der Waals surface area contributed by atoms with Crippen molar-refractivity contribution in [1.82, 2.24) is 0 Å². The molecule has 0 aliphatic heterocycles. The van der Waals surface area contributed by atoms with E-state index in [9.17, 15) is 9.59 Å². The van der Waals surface area contributed by atoms with Gasteiger partial charge >= 0.3 is 11.9 Å². The first-order valence-corrected chi connectivity index (χ1v) is 12.4. The standard InChI is InChI=1S/C25H48O4/c1-4-6-8-10-12-13-14-15-17-19-21-28-24(26)22-25(27)29-23(3)20-18-16-11-9-7-5-2/h23H,4-22H2,1-3H3. The highest BCUT2D eigenvalue weighted by Crippen LogP contribution is 2.12. The second-order valence-electron chi connectivity index (χ2n) is 8.44. The van der Waals surface area contributed by atoms with E-state index in [0.717, 1.165) is 25.7 Å². The molecule has 172 valence electrons. The topological polar surface area (TPSA) is 52.6 Å². The summed E-state index contributed by atoms with van der Waals surface area (Å²) in [5, 5.41) is 0. The van der Waals surface area contributed by atoms with Crippen LogP contribution in [0.1, 0.15) is 136 Å². The number of rotatable bonds is 21. The molecular weight excluding hydrogens is 364 g/mol. The Kier molecular flexibility index (Phi) is 20.9. The highest BCUT2D eigenvalue weighted by Gasteiger charge is 2.15. The van der Waals surface area contributed by atoms with E-state index in [1.807, 2.05) is 6.92 Å². The van der Waals surface area contributed by atoms with Gasteiger partial charge in [-0.3, -0.25) is 9.59 Å². The highest BCUT2D eigenvalue weighted by molar-refractivity contribution is 5.91. The molecule has 0 saturated heterocycles. The van der Waals surface area contributed by atoms with Gasteiger partial charge in [0, 0.05) is 0 Å². The van der Waals surface area contributed by atoms with Crippen molar-refractivity contribution in [2.75, 3.05) is 6.61 Å². The molecule has 0 spiro atoms. The Morgan fingerprint density at radius 3 is 1.59 bits per heavy atom. The van der Waals surface area contributed by atoms with E-state index in [1.54, 1.807) is 0 Å². The Hall–Kier alpha value is -1.06. The summed E-state index contributed by atoms with van der Waals surface area (Å²) in [5.41, 5.74) is 0. The lowest BCUT2D eigenvalue weighted by Crippen LogP contribution is -2.19. The maximum Gasteiger partial charge on any atom is 0.317 e. The molecule has 4 nitrogen and oxygen atoms in total. The summed E-state index contributed by atoms with van der Waals surface area (Å²) in [6, 6.07) is 0. The first-order valence-electron chi connectivity index (χ1n) is 12.4. The summed E-state index contributed by atoms with van der Waals surface area (Å²) in [6.07, 6.45) is 20.3. The third-order valence-electron chi connectivity index (χ3n) is 5.35. The molecule has 0 radical (unpaired) electrons. The summed E-state index contributed by atoms with van der Waals surface area (Å²) < 4.78 is 10.5. The number of unbranched alkanes of at least 4 members (excludes halogenated alkanes) is 14. The summed E-state index contributed by atoms with van der Waals surface area (Å²) in [6.45, 7) is 6.77. The van der Waals surface area contributed by atoms with Gasteiger partial charge in [-0.15, -0.1) is 0 Å². The van der Waals surface area contributed by atoms with E-state index in [1.165, 1.54) is 83.5 Å². The van der Waals surface area contributed by atoms with E-state index in [0.29, 0.717) is 6.61 Å². The SMILES string of the molecule is CCCCCCCCCCCCOC(=O)CC(=O)OC(C)CCCCCCCC. The van der Waals surface area contributed by atoms with Gasteiger partial charge in [0.15, 0.2) is 0 Å². The van der Waals surface area contributed by atoms with Crippen LogP contribution in [0.5, 0.6) is 0 Å². The van der Waals surface area contributed by atoms with Gasteiger partial charge in [-0.1, -0.05) is 104 Å². The van der Waals surface area contributed by atoms with E-state index >= 15 is 0 Å². The molecule has 0 aromatic carbocycles. The quantitative estimate of drug-likeness (QED) is 0.111. The molecule has 0 heterocycles. The Morgan fingerprint density at radius 2 is 1.07 bits per heavy atom. The van der Waals surface area contributed by atoms with Crippen molar-refractivity contribution in [3.8, 4) is 0 Å². The molecule has 0 aromatic rings. The van der Waals surface area contributed by atoms with Crippen LogP contribution in [0.4, 0.5) is 0 Å². The fourth-order valence-electron chi connectivity index (χ4n) is 3.48. The van der Waals surface area contributed by atoms with Gasteiger partial charge in [0.2, 0.25) is 0 Å². The normalized spacial score (nSPS) is 12.0. The average molecular weight is 413 g/mol. The Bertz CT molecular complexity index is 381. The molecule has 0 rings (SSSR count). The molecule has 1 unspecified atom stereocenters. The first kappa shape index (κ1) is 27.9. The Labute approximate surface area is 180 Å². The number of ether oxygens (including phenoxy) is 2. The highest BCUT2D eigenvalue weighted by atomic mass is 16.6. The Morgan fingerprint density at radius 1 is 0.621 bits per heavy atom. The first-order chi connectivity index (χ1) is 14.1. The number of carbonyl (C=O) groups is 2. The lowest BCUT2D eigenvalue weighted by Gasteiger charge is -2.13. The van der Waals surface area contributed by atoms with Crippen LogP contribution in [-0.2, 0) is 19.1 Å². The molecule has 0 saturated carbocycles. The van der Waals surface area contributed by atoms with Crippen molar-refractivity contribution < 1.29 is 19.1 Å². The van der Waals surface area contributed by atoms with E-state index in [-0.39, 0.29) is 12.5 Å². The minimum Gasteiger partial charge on any atom is -0.465 e. The average Bonchev–Trinajstić information content (AvgIpc) is 2.68. The molecule has 0 aromatic heterocycles. The molecule has 29 heavy (non-hydrogen) atoms. The number of carbonyl (C=O) groups excluding carboxylic acids is 2. The maximum atomic E-state index is 11.8. The number of esters is 2. The molecule has 0 amide bonds. The van der Waals surface area contributed by atoms with Gasteiger partial charge in [-0.05, 0) is 26.2 Å². The van der Waals surface area contributed by atoms with Gasteiger partial charge < -0.3 is 9.47 Å². The van der Waals surface area contributed by atoms with Gasteiger partial charge in [0.05, 0.1) is 12.7 Å². The molecule has 0 N–H and O–H groups in total. The zero-order chi connectivity index (χ0) is 21.6. The molecule has 1 atom stereocenters. The molecule has 0 fully saturated rings. The third kappa shape index (κ3) is 21.5. The van der Waals surface area contributed by atoms with E-state index in [2.05, 4.69) is 13.8 Å². The van der Waals surface area contributed by atoms with Gasteiger partial charge in [-0.25, -0.2) is 0 Å². The third-order valence-corrected chi connectivity index (χ3v) is 5.35. The van der Waals surface area contributed by atoms with Gasteiger partial charge in [0.1, 0.15) is 6.42 Å². The molecule has 0 bridgehead atoms. The van der Waals surface area contributed by atoms with Crippen LogP contribution in [0.3, 0.4) is 0 Å². The van der Waals surface area contributed by atoms with E-state index < -0.39 is 11.9 Å². The van der Waals surface area contributed by atoms with Crippen molar-refractivity contribution in [3.05, 3.63) is 0 Å². The molecule has 4 heteroatoms. The van der Waals surface area contributed by atoms with Crippen molar-refractivity contribution in [3.63, 3.8) is 0 Å². The van der Waals surface area contributed by atoms with Crippen LogP contribution in [0.2, 0.25) is 0 Å². The van der Waals surface area contributed by atoms with Crippen LogP contribution in [-0.4, -0.2) is 24.6 Å². The summed E-state index contributed by atoms with van der Waals surface area (Å²) in [4.78, 5) is 23.5. The van der Waals surface area contributed by atoms with E-state index in [4.69, 9.17) is 9.47 Å². The van der Waals surface area contributed by atoms with Crippen LogP contribution < -0.4 is 0 Å². The largest absolute Gasteiger partial charge is 0.465 e. The number of hydrogen-bond acceptors (Lipinski definition) is 4. The lowest BCUT2D eigenvalue weighted by molar-refractivity contribution is -0.157. The number of hydrogen-bond donors (Lipinski definition) is 0. The van der Waals surface area contributed by atoms with Crippen LogP contribution in [0, 0.1) is 0 Å². The second-order valence-corrected chi connectivity index (χ2v) is 8.44. The predicted octanol–water partition coefficient (Wildman–Crippen LogP) is 7.52.